The zero-order chi connectivity index (χ0) is 14.1. The summed E-state index contributed by atoms with van der Waals surface area (Å²) in [7, 11) is 1.64. The van der Waals surface area contributed by atoms with Crippen LogP contribution in [0.5, 0.6) is 11.5 Å². The Kier molecular flexibility index (Phi) is 6.62. The van der Waals surface area contributed by atoms with E-state index in [4.69, 9.17) is 22.1 Å². The Morgan fingerprint density at radius 2 is 2.26 bits per heavy atom. The van der Waals surface area contributed by atoms with Gasteiger partial charge in [-0.2, -0.15) is 5.10 Å². The van der Waals surface area contributed by atoms with Crippen molar-refractivity contribution < 1.29 is 14.9 Å². The van der Waals surface area contributed by atoms with Crippen LogP contribution in [0.2, 0.25) is 0 Å². The van der Waals surface area contributed by atoms with Gasteiger partial charge in [0.15, 0.2) is 5.11 Å². The van der Waals surface area contributed by atoms with Gasteiger partial charge in [0.2, 0.25) is 0 Å². The van der Waals surface area contributed by atoms with Crippen LogP contribution in [0.15, 0.2) is 23.3 Å². The number of phenols is 2. The van der Waals surface area contributed by atoms with E-state index in [2.05, 4.69) is 15.8 Å². The quantitative estimate of drug-likeness (QED) is 0.269. The molecule has 0 spiro atoms. The van der Waals surface area contributed by atoms with E-state index in [1.807, 2.05) is 0 Å². The average molecular weight is 283 g/mol. The number of ether oxygens (including phenoxy) is 1. The summed E-state index contributed by atoms with van der Waals surface area (Å²) < 4.78 is 4.90. The Hall–Kier alpha value is -1.86. The normalized spacial score (nSPS) is 10.6. The number of hydrazone groups is 1. The molecule has 0 aliphatic carbocycles. The minimum absolute atomic E-state index is 0.00191. The molecule has 0 heterocycles. The molecular formula is C12H17N3O3S. The summed E-state index contributed by atoms with van der Waals surface area (Å²) in [5, 5.41) is 25.9. The van der Waals surface area contributed by atoms with Gasteiger partial charge in [0.1, 0.15) is 11.5 Å². The Morgan fingerprint density at radius 1 is 1.47 bits per heavy atom. The number of thiocarbonyl (C=S) groups is 1. The van der Waals surface area contributed by atoms with Crippen molar-refractivity contribution >= 4 is 23.5 Å². The molecule has 0 fully saturated rings. The summed E-state index contributed by atoms with van der Waals surface area (Å²) in [6, 6.07) is 4.25. The van der Waals surface area contributed by atoms with Crippen LogP contribution in [-0.2, 0) is 4.74 Å². The summed E-state index contributed by atoms with van der Waals surface area (Å²) in [4.78, 5) is 0. The second-order valence-electron chi connectivity index (χ2n) is 3.72. The van der Waals surface area contributed by atoms with Gasteiger partial charge in [-0.3, -0.25) is 5.43 Å². The van der Waals surface area contributed by atoms with Gasteiger partial charge in [-0.25, -0.2) is 0 Å². The van der Waals surface area contributed by atoms with Crippen molar-refractivity contribution in [3.63, 3.8) is 0 Å². The van der Waals surface area contributed by atoms with E-state index in [0.29, 0.717) is 23.8 Å². The second kappa shape index (κ2) is 8.28. The van der Waals surface area contributed by atoms with E-state index in [0.717, 1.165) is 6.42 Å². The molecule has 104 valence electrons. The van der Waals surface area contributed by atoms with Crippen LogP contribution >= 0.6 is 12.2 Å². The first-order valence-electron chi connectivity index (χ1n) is 5.71. The fourth-order valence-corrected chi connectivity index (χ4v) is 1.41. The van der Waals surface area contributed by atoms with Gasteiger partial charge >= 0.3 is 0 Å². The lowest BCUT2D eigenvalue weighted by atomic mass is 10.2. The maximum absolute atomic E-state index is 9.52. The molecule has 7 heteroatoms. The monoisotopic (exact) mass is 283 g/mol. The number of hydrogen-bond acceptors (Lipinski definition) is 5. The molecule has 6 nitrogen and oxygen atoms in total. The number of phenolic OH excluding ortho intramolecular Hbond substituents is 2. The van der Waals surface area contributed by atoms with Gasteiger partial charge < -0.3 is 20.3 Å². The lowest BCUT2D eigenvalue weighted by molar-refractivity contribution is 0.195. The molecule has 1 rings (SSSR count). The van der Waals surface area contributed by atoms with Crippen LogP contribution in [0.4, 0.5) is 0 Å². The van der Waals surface area contributed by atoms with E-state index in [-0.39, 0.29) is 11.5 Å². The lowest BCUT2D eigenvalue weighted by Gasteiger charge is -2.06. The summed E-state index contributed by atoms with van der Waals surface area (Å²) in [5.74, 6) is -0.0533. The zero-order valence-electron chi connectivity index (χ0n) is 10.6. The van der Waals surface area contributed by atoms with Crippen molar-refractivity contribution in [3.8, 4) is 11.5 Å². The highest BCUT2D eigenvalue weighted by molar-refractivity contribution is 7.80. The third-order valence-electron chi connectivity index (χ3n) is 2.19. The highest BCUT2D eigenvalue weighted by Crippen LogP contribution is 2.20. The number of aromatic hydroxyl groups is 2. The van der Waals surface area contributed by atoms with Gasteiger partial charge in [-0.05, 0) is 30.8 Å². The molecule has 0 saturated heterocycles. The fraction of sp³-hybridized carbons (Fsp3) is 0.333. The molecule has 4 N–H and O–H groups in total. The number of benzene rings is 1. The first-order chi connectivity index (χ1) is 9.13. The van der Waals surface area contributed by atoms with Crippen molar-refractivity contribution in [2.45, 2.75) is 6.42 Å². The van der Waals surface area contributed by atoms with Crippen LogP contribution < -0.4 is 10.7 Å². The topological polar surface area (TPSA) is 86.1 Å². The van der Waals surface area contributed by atoms with Crippen LogP contribution in [0.25, 0.3) is 0 Å². The molecule has 1 aromatic carbocycles. The van der Waals surface area contributed by atoms with Crippen LogP contribution in [0, 0.1) is 0 Å². The molecule has 0 unspecified atom stereocenters. The molecular weight excluding hydrogens is 266 g/mol. The SMILES string of the molecule is COCCCNC(=S)N/N=C\c1ccc(O)cc1O. The molecule has 0 saturated carbocycles. The number of rotatable bonds is 6. The summed E-state index contributed by atoms with van der Waals surface area (Å²) in [6.07, 6.45) is 2.26. The summed E-state index contributed by atoms with van der Waals surface area (Å²) in [5.41, 5.74) is 3.10. The Balaban J connectivity index is 2.34. The van der Waals surface area contributed by atoms with Gasteiger partial charge in [-0.15, -0.1) is 0 Å². The van der Waals surface area contributed by atoms with E-state index >= 15 is 0 Å². The second-order valence-corrected chi connectivity index (χ2v) is 4.12. The standard InChI is InChI=1S/C12H17N3O3S/c1-18-6-2-5-13-12(19)15-14-8-9-3-4-10(16)7-11(9)17/h3-4,7-8,16-17H,2,5-6H2,1H3,(H2,13,15,19)/b14-8-. The molecule has 19 heavy (non-hydrogen) atoms. The molecule has 1 aromatic rings. The van der Waals surface area contributed by atoms with Gasteiger partial charge in [-0.1, -0.05) is 0 Å². The van der Waals surface area contributed by atoms with Crippen molar-refractivity contribution in [2.24, 2.45) is 5.10 Å². The third-order valence-corrected chi connectivity index (χ3v) is 2.43. The smallest absolute Gasteiger partial charge is 0.186 e. The Morgan fingerprint density at radius 3 is 2.95 bits per heavy atom. The van der Waals surface area contributed by atoms with Crippen LogP contribution in [0.1, 0.15) is 12.0 Å². The minimum atomic E-state index is -0.0514. The van der Waals surface area contributed by atoms with Crippen molar-refractivity contribution in [1.29, 1.82) is 0 Å². The van der Waals surface area contributed by atoms with Crippen molar-refractivity contribution in [1.82, 2.24) is 10.7 Å². The number of nitrogens with one attached hydrogen (secondary N) is 2. The lowest BCUT2D eigenvalue weighted by Crippen LogP contribution is -2.33. The first kappa shape index (κ1) is 15.2. The molecule has 0 aromatic heterocycles. The molecule has 0 aliphatic rings. The predicted molar refractivity (Wildman–Crippen MR) is 77.6 cm³/mol. The van der Waals surface area contributed by atoms with Gasteiger partial charge in [0.25, 0.3) is 0 Å². The molecule has 0 aliphatic heterocycles. The van der Waals surface area contributed by atoms with E-state index in [1.165, 1.54) is 18.3 Å². The largest absolute Gasteiger partial charge is 0.508 e. The van der Waals surface area contributed by atoms with Crippen LogP contribution in [-0.4, -0.2) is 41.8 Å². The van der Waals surface area contributed by atoms with E-state index in [1.54, 1.807) is 13.2 Å². The molecule has 0 radical (unpaired) electrons. The maximum atomic E-state index is 9.52. The number of methoxy groups -OCH3 is 1. The highest BCUT2D eigenvalue weighted by atomic mass is 32.1. The highest BCUT2D eigenvalue weighted by Gasteiger charge is 1.99. The maximum Gasteiger partial charge on any atom is 0.186 e. The Bertz CT molecular complexity index is 452. The number of nitrogens with zero attached hydrogens (tertiary/aromatic N) is 1. The zero-order valence-corrected chi connectivity index (χ0v) is 11.4. The van der Waals surface area contributed by atoms with Crippen molar-refractivity contribution in [2.75, 3.05) is 20.3 Å². The average Bonchev–Trinajstić information content (AvgIpc) is 2.37. The van der Waals surface area contributed by atoms with E-state index < -0.39 is 0 Å². The van der Waals surface area contributed by atoms with Gasteiger partial charge in [0, 0.05) is 31.9 Å². The van der Waals surface area contributed by atoms with Gasteiger partial charge in [0.05, 0.1) is 6.21 Å². The van der Waals surface area contributed by atoms with E-state index in [9.17, 15) is 5.11 Å². The summed E-state index contributed by atoms with van der Waals surface area (Å²) >= 11 is 4.99. The van der Waals surface area contributed by atoms with Crippen molar-refractivity contribution in [3.05, 3.63) is 23.8 Å². The third kappa shape index (κ3) is 6.03. The Labute approximate surface area is 117 Å². The van der Waals surface area contributed by atoms with Crippen LogP contribution in [0.3, 0.4) is 0 Å². The minimum Gasteiger partial charge on any atom is -0.508 e. The number of hydrogen-bond donors (Lipinski definition) is 4. The molecule has 0 amide bonds. The molecule has 0 bridgehead atoms. The fourth-order valence-electron chi connectivity index (χ4n) is 1.26. The predicted octanol–water partition coefficient (Wildman–Crippen LogP) is 0.932. The summed E-state index contributed by atoms with van der Waals surface area (Å²) in [6.45, 7) is 1.36. The first-order valence-corrected chi connectivity index (χ1v) is 6.12. The molecule has 0 atom stereocenters.